The third-order valence-electron chi connectivity index (χ3n) is 3.67. The summed E-state index contributed by atoms with van der Waals surface area (Å²) in [5.74, 6) is 0.239. The zero-order chi connectivity index (χ0) is 18.7. The van der Waals surface area contributed by atoms with Crippen molar-refractivity contribution in [2.24, 2.45) is 0 Å². The fourth-order valence-electron chi connectivity index (χ4n) is 2.41. The van der Waals surface area contributed by atoms with Crippen molar-refractivity contribution in [2.45, 2.75) is 6.92 Å². The van der Waals surface area contributed by atoms with Gasteiger partial charge in [-0.1, -0.05) is 17.7 Å². The van der Waals surface area contributed by atoms with Crippen LogP contribution < -0.4 is 10.1 Å². The topological polar surface area (TPSA) is 94.4 Å². The van der Waals surface area contributed by atoms with E-state index in [1.54, 1.807) is 7.11 Å². The van der Waals surface area contributed by atoms with Gasteiger partial charge < -0.3 is 4.74 Å². The summed E-state index contributed by atoms with van der Waals surface area (Å²) in [6.07, 6.45) is 0. The van der Waals surface area contributed by atoms with Crippen LogP contribution in [0.25, 0.3) is 11.3 Å². The Hall–Kier alpha value is -3.26. The number of hydrogen-bond donors (Lipinski definition) is 1. The smallest absolute Gasteiger partial charge is 0.270 e. The van der Waals surface area contributed by atoms with Gasteiger partial charge >= 0.3 is 0 Å². The number of carbonyl (C=O) groups excluding carboxylic acids is 1. The maximum absolute atomic E-state index is 12.3. The SMILES string of the molecule is COc1ccc(C)cc1-c1csc(NC(=O)c2cccc([N+](=O)[O-])c2)n1. The molecule has 0 aliphatic carbocycles. The van der Waals surface area contributed by atoms with Gasteiger partial charge in [0.2, 0.25) is 0 Å². The standard InChI is InChI=1S/C18H15N3O4S/c1-11-6-7-16(25-2)14(8-11)15-10-26-18(19-15)20-17(22)12-4-3-5-13(9-12)21(23)24/h3-10H,1-2H3,(H,19,20,22). The van der Waals surface area contributed by atoms with Gasteiger partial charge in [-0.2, -0.15) is 0 Å². The monoisotopic (exact) mass is 369 g/mol. The van der Waals surface area contributed by atoms with Gasteiger partial charge in [0, 0.05) is 28.6 Å². The van der Waals surface area contributed by atoms with Gasteiger partial charge in [0.15, 0.2) is 5.13 Å². The largest absolute Gasteiger partial charge is 0.496 e. The maximum atomic E-state index is 12.3. The summed E-state index contributed by atoms with van der Waals surface area (Å²) in [5, 5.41) is 15.7. The molecule has 0 aliphatic heterocycles. The molecular formula is C18H15N3O4S. The van der Waals surface area contributed by atoms with E-state index in [0.717, 1.165) is 11.1 Å². The molecule has 1 N–H and O–H groups in total. The molecule has 26 heavy (non-hydrogen) atoms. The van der Waals surface area contributed by atoms with Crippen LogP contribution >= 0.6 is 11.3 Å². The number of benzene rings is 2. The third-order valence-corrected chi connectivity index (χ3v) is 4.43. The lowest BCUT2D eigenvalue weighted by Crippen LogP contribution is -2.11. The number of carbonyl (C=O) groups is 1. The predicted octanol–water partition coefficient (Wildman–Crippen LogP) is 4.29. The molecule has 3 rings (SSSR count). The Bertz CT molecular complexity index is 984. The van der Waals surface area contributed by atoms with Crippen molar-refractivity contribution in [3.8, 4) is 17.0 Å². The van der Waals surface area contributed by atoms with Crippen LogP contribution in [0.1, 0.15) is 15.9 Å². The molecule has 0 bridgehead atoms. The molecule has 1 amide bonds. The predicted molar refractivity (Wildman–Crippen MR) is 99.9 cm³/mol. The van der Waals surface area contributed by atoms with Gasteiger partial charge in [0.1, 0.15) is 5.75 Å². The first kappa shape index (κ1) is 17.6. The normalized spacial score (nSPS) is 10.4. The molecular weight excluding hydrogens is 354 g/mol. The van der Waals surface area contributed by atoms with Crippen LogP contribution in [0.15, 0.2) is 47.8 Å². The Morgan fingerprint density at radius 2 is 2.08 bits per heavy atom. The molecule has 0 spiro atoms. The van der Waals surface area contributed by atoms with Gasteiger partial charge in [-0.05, 0) is 25.1 Å². The Morgan fingerprint density at radius 1 is 1.27 bits per heavy atom. The lowest BCUT2D eigenvalue weighted by atomic mass is 10.1. The molecule has 132 valence electrons. The summed E-state index contributed by atoms with van der Waals surface area (Å²) in [6.45, 7) is 1.97. The minimum Gasteiger partial charge on any atom is -0.496 e. The minimum absolute atomic E-state index is 0.137. The molecule has 0 aliphatic rings. The van der Waals surface area contributed by atoms with E-state index in [-0.39, 0.29) is 11.3 Å². The van der Waals surface area contributed by atoms with E-state index < -0.39 is 10.8 Å². The van der Waals surface area contributed by atoms with Crippen LogP contribution in [-0.2, 0) is 0 Å². The molecule has 0 fully saturated rings. The zero-order valence-corrected chi connectivity index (χ0v) is 14.9. The van der Waals surface area contributed by atoms with Gasteiger partial charge in [0.05, 0.1) is 17.7 Å². The molecule has 3 aromatic rings. The molecule has 0 unspecified atom stereocenters. The van der Waals surface area contributed by atoms with Crippen molar-refractivity contribution in [3.05, 3.63) is 69.1 Å². The average molecular weight is 369 g/mol. The zero-order valence-electron chi connectivity index (χ0n) is 14.1. The first-order chi connectivity index (χ1) is 12.5. The molecule has 8 heteroatoms. The highest BCUT2D eigenvalue weighted by atomic mass is 32.1. The second kappa shape index (κ2) is 7.32. The molecule has 0 saturated heterocycles. The summed E-state index contributed by atoms with van der Waals surface area (Å²) in [4.78, 5) is 27.0. The Morgan fingerprint density at radius 3 is 2.81 bits per heavy atom. The molecule has 7 nitrogen and oxygen atoms in total. The number of aromatic nitrogens is 1. The molecule has 1 aromatic heterocycles. The molecule has 0 saturated carbocycles. The first-order valence-corrected chi connectivity index (χ1v) is 8.52. The highest BCUT2D eigenvalue weighted by Crippen LogP contribution is 2.33. The highest BCUT2D eigenvalue weighted by molar-refractivity contribution is 7.14. The Kier molecular flexibility index (Phi) is 4.94. The summed E-state index contributed by atoms with van der Waals surface area (Å²) in [6, 6.07) is 11.3. The number of nitro groups is 1. The average Bonchev–Trinajstić information content (AvgIpc) is 3.10. The number of methoxy groups -OCH3 is 1. The summed E-state index contributed by atoms with van der Waals surface area (Å²) in [7, 11) is 1.59. The number of thiazole rings is 1. The number of nitrogens with one attached hydrogen (secondary N) is 1. The second-order valence-electron chi connectivity index (χ2n) is 5.50. The van der Waals surface area contributed by atoms with Crippen molar-refractivity contribution >= 4 is 28.1 Å². The van der Waals surface area contributed by atoms with Crippen LogP contribution in [0, 0.1) is 17.0 Å². The third kappa shape index (κ3) is 3.70. The lowest BCUT2D eigenvalue weighted by molar-refractivity contribution is -0.384. The van der Waals surface area contributed by atoms with Crippen molar-refractivity contribution < 1.29 is 14.5 Å². The number of anilines is 1. The lowest BCUT2D eigenvalue weighted by Gasteiger charge is -2.07. The molecule has 0 radical (unpaired) electrons. The summed E-state index contributed by atoms with van der Waals surface area (Å²) >= 11 is 1.27. The Balaban J connectivity index is 1.83. The maximum Gasteiger partial charge on any atom is 0.270 e. The number of nitrogens with zero attached hydrogens (tertiary/aromatic N) is 2. The quantitative estimate of drug-likeness (QED) is 0.535. The Labute approximate surface area is 153 Å². The summed E-state index contributed by atoms with van der Waals surface area (Å²) < 4.78 is 5.36. The van der Waals surface area contributed by atoms with Gasteiger partial charge in [-0.3, -0.25) is 20.2 Å². The van der Waals surface area contributed by atoms with Gasteiger partial charge in [-0.15, -0.1) is 11.3 Å². The number of hydrogen-bond acceptors (Lipinski definition) is 6. The van der Waals surface area contributed by atoms with Crippen LogP contribution in [-0.4, -0.2) is 22.9 Å². The van der Waals surface area contributed by atoms with Gasteiger partial charge in [-0.25, -0.2) is 4.98 Å². The van der Waals surface area contributed by atoms with E-state index in [9.17, 15) is 14.9 Å². The molecule has 1 heterocycles. The first-order valence-electron chi connectivity index (χ1n) is 7.64. The number of rotatable bonds is 5. The molecule has 2 aromatic carbocycles. The van der Waals surface area contributed by atoms with E-state index in [4.69, 9.17) is 4.74 Å². The van der Waals surface area contributed by atoms with Crippen molar-refractivity contribution in [2.75, 3.05) is 12.4 Å². The van der Waals surface area contributed by atoms with Crippen molar-refractivity contribution in [1.29, 1.82) is 0 Å². The van der Waals surface area contributed by atoms with Gasteiger partial charge in [0.25, 0.3) is 11.6 Å². The van der Waals surface area contributed by atoms with Crippen LogP contribution in [0.5, 0.6) is 5.75 Å². The van der Waals surface area contributed by atoms with E-state index in [2.05, 4.69) is 10.3 Å². The number of ether oxygens (including phenoxy) is 1. The van der Waals surface area contributed by atoms with E-state index >= 15 is 0 Å². The fraction of sp³-hybridized carbons (Fsp3) is 0.111. The molecule has 0 atom stereocenters. The van der Waals surface area contributed by atoms with E-state index in [1.165, 1.54) is 35.6 Å². The van der Waals surface area contributed by atoms with Crippen LogP contribution in [0.3, 0.4) is 0 Å². The number of aryl methyl sites for hydroxylation is 1. The van der Waals surface area contributed by atoms with Crippen molar-refractivity contribution in [3.63, 3.8) is 0 Å². The second-order valence-corrected chi connectivity index (χ2v) is 6.36. The van der Waals surface area contributed by atoms with E-state index in [0.29, 0.717) is 16.6 Å². The minimum atomic E-state index is -0.539. The fourth-order valence-corrected chi connectivity index (χ4v) is 3.11. The highest BCUT2D eigenvalue weighted by Gasteiger charge is 2.15. The number of amides is 1. The number of nitro benzene ring substituents is 1. The van der Waals surface area contributed by atoms with Crippen LogP contribution in [0.4, 0.5) is 10.8 Å². The van der Waals surface area contributed by atoms with E-state index in [1.807, 2.05) is 30.5 Å². The van der Waals surface area contributed by atoms with Crippen LogP contribution in [0.2, 0.25) is 0 Å². The van der Waals surface area contributed by atoms with Crippen molar-refractivity contribution in [1.82, 2.24) is 4.98 Å². The number of non-ortho nitro benzene ring substituents is 1. The summed E-state index contributed by atoms with van der Waals surface area (Å²) in [5.41, 5.74) is 2.64.